The molecule has 0 amide bonds. The lowest BCUT2D eigenvalue weighted by Gasteiger charge is -2.39. The maximum absolute atomic E-state index is 6.42. The van der Waals surface area contributed by atoms with Gasteiger partial charge in [0, 0.05) is 17.6 Å². The molecule has 1 aliphatic rings. The van der Waals surface area contributed by atoms with E-state index in [1.807, 2.05) is 43.3 Å². The van der Waals surface area contributed by atoms with E-state index in [-0.39, 0.29) is 0 Å². The van der Waals surface area contributed by atoms with Crippen LogP contribution < -0.4 is 5.32 Å². The predicted molar refractivity (Wildman–Crippen MR) is 120 cm³/mol. The van der Waals surface area contributed by atoms with Crippen molar-refractivity contribution in [3.05, 3.63) is 63.6 Å². The van der Waals surface area contributed by atoms with Crippen LogP contribution in [0.3, 0.4) is 0 Å². The van der Waals surface area contributed by atoms with E-state index in [1.165, 1.54) is 0 Å². The summed E-state index contributed by atoms with van der Waals surface area (Å²) in [5, 5.41) is 5.49. The minimum atomic E-state index is 0.377. The summed E-state index contributed by atoms with van der Waals surface area (Å²) < 4.78 is 0. The number of thiocarbonyl (C=S) groups is 1. The third kappa shape index (κ3) is 5.35. The van der Waals surface area contributed by atoms with Gasteiger partial charge < -0.3 is 15.1 Å². The Kier molecular flexibility index (Phi) is 6.99. The van der Waals surface area contributed by atoms with E-state index in [2.05, 4.69) is 28.2 Å². The monoisotopic (exact) mass is 421 g/mol. The zero-order valence-electron chi connectivity index (χ0n) is 15.7. The summed E-state index contributed by atoms with van der Waals surface area (Å²) in [6, 6.07) is 14.3. The van der Waals surface area contributed by atoms with Crippen molar-refractivity contribution in [3.63, 3.8) is 0 Å². The number of rotatable bonds is 4. The Morgan fingerprint density at radius 1 is 1.15 bits per heavy atom. The lowest BCUT2D eigenvalue weighted by molar-refractivity contribution is 0.173. The normalized spacial score (nSPS) is 15.6. The van der Waals surface area contributed by atoms with Crippen molar-refractivity contribution in [3.8, 4) is 0 Å². The Balaban J connectivity index is 1.81. The van der Waals surface area contributed by atoms with Gasteiger partial charge in [0.05, 0.1) is 10.7 Å². The first-order valence-electron chi connectivity index (χ1n) is 9.20. The SMILES string of the molecule is Cc1ccc(NC(=S)N(Cc2ccccc2Cl)C2CCN(C)CC2)c(Cl)c1. The van der Waals surface area contributed by atoms with Crippen molar-refractivity contribution in [1.82, 2.24) is 9.80 Å². The molecule has 6 heteroatoms. The van der Waals surface area contributed by atoms with Crippen molar-refractivity contribution >= 4 is 46.2 Å². The molecular weight excluding hydrogens is 397 g/mol. The lowest BCUT2D eigenvalue weighted by Crippen LogP contribution is -2.47. The zero-order valence-corrected chi connectivity index (χ0v) is 18.0. The van der Waals surface area contributed by atoms with Crippen LogP contribution in [0.4, 0.5) is 5.69 Å². The maximum atomic E-state index is 6.42. The van der Waals surface area contributed by atoms with Gasteiger partial charge in [0.1, 0.15) is 0 Å². The van der Waals surface area contributed by atoms with Crippen molar-refractivity contribution < 1.29 is 0 Å². The molecular formula is C21H25Cl2N3S. The van der Waals surface area contributed by atoms with E-state index >= 15 is 0 Å². The van der Waals surface area contributed by atoms with Crippen LogP contribution in [0, 0.1) is 6.92 Å². The van der Waals surface area contributed by atoms with Crippen LogP contribution in [0.25, 0.3) is 0 Å². The number of nitrogens with one attached hydrogen (secondary N) is 1. The van der Waals surface area contributed by atoms with Gasteiger partial charge in [-0.1, -0.05) is 47.5 Å². The van der Waals surface area contributed by atoms with E-state index in [1.54, 1.807) is 0 Å². The largest absolute Gasteiger partial charge is 0.342 e. The molecule has 0 atom stereocenters. The Bertz CT molecular complexity index is 804. The zero-order chi connectivity index (χ0) is 19.4. The summed E-state index contributed by atoms with van der Waals surface area (Å²) in [4.78, 5) is 4.62. The fourth-order valence-corrected chi connectivity index (χ4v) is 4.19. The molecule has 0 aliphatic carbocycles. The number of hydrogen-bond acceptors (Lipinski definition) is 2. The number of anilines is 1. The van der Waals surface area contributed by atoms with Gasteiger partial charge in [-0.15, -0.1) is 0 Å². The van der Waals surface area contributed by atoms with Crippen LogP contribution >= 0.6 is 35.4 Å². The number of halogens is 2. The molecule has 0 unspecified atom stereocenters. The average molecular weight is 422 g/mol. The topological polar surface area (TPSA) is 18.5 Å². The first-order chi connectivity index (χ1) is 12.9. The molecule has 0 aromatic heterocycles. The van der Waals surface area contributed by atoms with Crippen molar-refractivity contribution in [1.29, 1.82) is 0 Å². The van der Waals surface area contributed by atoms with Crippen molar-refractivity contribution in [2.45, 2.75) is 32.4 Å². The van der Waals surface area contributed by atoms with Gasteiger partial charge >= 0.3 is 0 Å². The Morgan fingerprint density at radius 3 is 2.52 bits per heavy atom. The highest BCUT2D eigenvalue weighted by Crippen LogP contribution is 2.26. The first kappa shape index (κ1) is 20.4. The van der Waals surface area contributed by atoms with Crippen molar-refractivity contribution in [2.24, 2.45) is 0 Å². The maximum Gasteiger partial charge on any atom is 0.174 e. The molecule has 0 saturated carbocycles. The molecule has 1 N–H and O–H groups in total. The summed E-state index contributed by atoms with van der Waals surface area (Å²) in [6.07, 6.45) is 2.15. The second-order valence-corrected chi connectivity index (χ2v) is 8.37. The molecule has 3 rings (SSSR count). The summed E-state index contributed by atoms with van der Waals surface area (Å²) in [5.74, 6) is 0. The number of hydrogen-bond donors (Lipinski definition) is 1. The van der Waals surface area contributed by atoms with E-state index in [0.29, 0.717) is 22.7 Å². The highest BCUT2D eigenvalue weighted by atomic mass is 35.5. The third-order valence-electron chi connectivity index (χ3n) is 5.05. The number of aryl methyl sites for hydroxylation is 1. The molecule has 0 spiro atoms. The highest BCUT2D eigenvalue weighted by molar-refractivity contribution is 7.80. The quantitative estimate of drug-likeness (QED) is 0.647. The minimum Gasteiger partial charge on any atom is -0.342 e. The van der Waals surface area contributed by atoms with Gasteiger partial charge in [-0.25, -0.2) is 0 Å². The van der Waals surface area contributed by atoms with Crippen LogP contribution in [0.5, 0.6) is 0 Å². The molecule has 2 aromatic carbocycles. The third-order valence-corrected chi connectivity index (χ3v) is 6.07. The molecule has 1 aliphatic heterocycles. The molecule has 27 heavy (non-hydrogen) atoms. The second-order valence-electron chi connectivity index (χ2n) is 7.17. The fraction of sp³-hybridized carbons (Fsp3) is 0.381. The van der Waals surface area contributed by atoms with Crippen LogP contribution in [0.2, 0.25) is 10.0 Å². The Morgan fingerprint density at radius 2 is 1.85 bits per heavy atom. The van der Waals surface area contributed by atoms with E-state index in [4.69, 9.17) is 35.4 Å². The summed E-state index contributed by atoms with van der Waals surface area (Å²) in [5.41, 5.74) is 3.04. The smallest absolute Gasteiger partial charge is 0.174 e. The van der Waals surface area contributed by atoms with Gasteiger partial charge in [0.2, 0.25) is 0 Å². The summed E-state index contributed by atoms with van der Waals surface area (Å²) in [7, 11) is 2.16. The molecule has 1 saturated heterocycles. The van der Waals surface area contributed by atoms with Crippen LogP contribution in [-0.4, -0.2) is 41.1 Å². The van der Waals surface area contributed by atoms with Crippen molar-refractivity contribution in [2.75, 3.05) is 25.5 Å². The molecule has 1 heterocycles. The molecule has 0 bridgehead atoms. The molecule has 3 nitrogen and oxygen atoms in total. The van der Waals surface area contributed by atoms with Crippen LogP contribution in [-0.2, 0) is 6.54 Å². The molecule has 2 aromatic rings. The number of likely N-dealkylation sites (tertiary alicyclic amines) is 1. The van der Waals surface area contributed by atoms with Gasteiger partial charge in [0.25, 0.3) is 0 Å². The van der Waals surface area contributed by atoms with Gasteiger partial charge in [-0.3, -0.25) is 0 Å². The summed E-state index contributed by atoms with van der Waals surface area (Å²) in [6.45, 7) is 4.84. The predicted octanol–water partition coefficient (Wildman–Crippen LogP) is 5.60. The van der Waals surface area contributed by atoms with E-state index in [9.17, 15) is 0 Å². The lowest BCUT2D eigenvalue weighted by atomic mass is 10.0. The standard InChI is InChI=1S/C21H25Cl2N3S/c1-15-7-8-20(19(23)13-15)24-21(27)26(17-9-11-25(2)12-10-17)14-16-5-3-4-6-18(16)22/h3-8,13,17H,9-12,14H2,1-2H3,(H,24,27). The first-order valence-corrected chi connectivity index (χ1v) is 10.4. The summed E-state index contributed by atoms with van der Waals surface area (Å²) >= 11 is 18.6. The molecule has 144 valence electrons. The van der Waals surface area contributed by atoms with E-state index < -0.39 is 0 Å². The van der Waals surface area contributed by atoms with E-state index in [0.717, 1.165) is 47.8 Å². The van der Waals surface area contributed by atoms with Crippen LogP contribution in [0.15, 0.2) is 42.5 Å². The molecule has 1 fully saturated rings. The number of nitrogens with zero attached hydrogens (tertiary/aromatic N) is 2. The Labute approximate surface area is 177 Å². The molecule has 0 radical (unpaired) electrons. The minimum absolute atomic E-state index is 0.377. The Hall–Kier alpha value is -1.33. The number of piperidine rings is 1. The van der Waals surface area contributed by atoms with Gasteiger partial charge in [0.15, 0.2) is 5.11 Å². The number of benzene rings is 2. The fourth-order valence-electron chi connectivity index (χ4n) is 3.39. The highest BCUT2D eigenvalue weighted by Gasteiger charge is 2.26. The average Bonchev–Trinajstić information content (AvgIpc) is 2.64. The van der Waals surface area contributed by atoms with Crippen LogP contribution in [0.1, 0.15) is 24.0 Å². The second kappa shape index (κ2) is 9.24. The van der Waals surface area contributed by atoms with Gasteiger partial charge in [-0.05, 0) is 81.4 Å². The van der Waals surface area contributed by atoms with Gasteiger partial charge in [-0.2, -0.15) is 0 Å².